The lowest BCUT2D eigenvalue weighted by atomic mass is 9.95. The lowest BCUT2D eigenvalue weighted by molar-refractivity contribution is -0.118. The summed E-state index contributed by atoms with van der Waals surface area (Å²) in [4.78, 5) is 12.0. The van der Waals surface area contributed by atoms with Crippen molar-refractivity contribution in [3.8, 4) is 0 Å². The van der Waals surface area contributed by atoms with Crippen LogP contribution in [0.1, 0.15) is 11.1 Å². The maximum Gasteiger partial charge on any atom is 0.243 e. The van der Waals surface area contributed by atoms with Gasteiger partial charge in [-0.15, -0.1) is 0 Å². The van der Waals surface area contributed by atoms with Crippen molar-refractivity contribution >= 4 is 22.6 Å². The van der Waals surface area contributed by atoms with Gasteiger partial charge in [-0.05, 0) is 22.8 Å². The average molecular weight is 261 g/mol. The summed E-state index contributed by atoms with van der Waals surface area (Å²) in [7, 11) is 0. The van der Waals surface area contributed by atoms with Crippen molar-refractivity contribution in [2.45, 2.75) is 19.0 Å². The molecule has 1 atom stereocenters. The minimum absolute atomic E-state index is 0.0944. The topological polar surface area (TPSA) is 79.8 Å². The number of fused-ring (bicyclic) bond motifs is 1. The van der Waals surface area contributed by atoms with E-state index in [2.05, 4.69) is 37.6 Å². The molecule has 1 aliphatic rings. The second-order valence-corrected chi connectivity index (χ2v) is 4.80. The number of benzene rings is 1. The van der Waals surface area contributed by atoms with E-state index >= 15 is 0 Å². The van der Waals surface area contributed by atoms with Crippen molar-refractivity contribution in [1.29, 1.82) is 0 Å². The van der Waals surface area contributed by atoms with Crippen molar-refractivity contribution in [1.82, 2.24) is 20.1 Å². The number of carbonyl (C=O) groups is 1. The molecule has 2 aromatic rings. The van der Waals surface area contributed by atoms with Crippen molar-refractivity contribution in [3.63, 3.8) is 0 Å². The molecule has 2 heterocycles. The Hall–Kier alpha value is -1.86. The highest BCUT2D eigenvalue weighted by Gasteiger charge is 2.24. The molecule has 1 aliphatic heterocycles. The Kier molecular flexibility index (Phi) is 2.99. The van der Waals surface area contributed by atoms with Crippen molar-refractivity contribution in [2.24, 2.45) is 0 Å². The zero-order valence-corrected chi connectivity index (χ0v) is 10.3. The van der Waals surface area contributed by atoms with Crippen LogP contribution in [0.4, 0.5) is 5.13 Å². The van der Waals surface area contributed by atoms with Gasteiger partial charge in [0.05, 0.1) is 6.04 Å². The molecule has 6 nitrogen and oxygen atoms in total. The highest BCUT2D eigenvalue weighted by atomic mass is 32.1. The summed E-state index contributed by atoms with van der Waals surface area (Å²) >= 11 is 1.07. The van der Waals surface area contributed by atoms with Gasteiger partial charge in [0.25, 0.3) is 0 Å². The van der Waals surface area contributed by atoms with E-state index < -0.39 is 0 Å². The van der Waals surface area contributed by atoms with Crippen molar-refractivity contribution in [3.05, 3.63) is 35.4 Å². The van der Waals surface area contributed by atoms with Gasteiger partial charge in [0.15, 0.2) is 0 Å². The van der Waals surface area contributed by atoms with E-state index in [1.54, 1.807) is 0 Å². The van der Waals surface area contributed by atoms with Crippen molar-refractivity contribution < 1.29 is 4.79 Å². The fourth-order valence-corrected chi connectivity index (χ4v) is 2.38. The van der Waals surface area contributed by atoms with Gasteiger partial charge in [0.1, 0.15) is 0 Å². The van der Waals surface area contributed by atoms with Gasteiger partial charge in [0.2, 0.25) is 11.0 Å². The third-order valence-corrected chi connectivity index (χ3v) is 3.44. The third-order valence-electron chi connectivity index (χ3n) is 2.93. The third kappa shape index (κ3) is 2.22. The minimum atomic E-state index is -0.233. The molecule has 0 saturated carbocycles. The summed E-state index contributed by atoms with van der Waals surface area (Å²) in [6.07, 6.45) is 0.689. The molecule has 1 unspecified atom stereocenters. The highest BCUT2D eigenvalue weighted by molar-refractivity contribution is 7.09. The molecule has 2 N–H and O–H groups in total. The fourth-order valence-electron chi connectivity index (χ4n) is 2.01. The molecule has 18 heavy (non-hydrogen) atoms. The van der Waals surface area contributed by atoms with E-state index in [0.717, 1.165) is 11.5 Å². The van der Waals surface area contributed by atoms with E-state index in [4.69, 9.17) is 0 Å². The average Bonchev–Trinajstić information content (AvgIpc) is 2.91. The molecule has 0 radical (unpaired) electrons. The van der Waals surface area contributed by atoms with Gasteiger partial charge in [0, 0.05) is 18.1 Å². The van der Waals surface area contributed by atoms with Gasteiger partial charge < -0.3 is 5.32 Å². The number of rotatable bonds is 2. The summed E-state index contributed by atoms with van der Waals surface area (Å²) < 4.78 is 3.60. The van der Waals surface area contributed by atoms with Crippen LogP contribution >= 0.6 is 11.5 Å². The van der Waals surface area contributed by atoms with Crippen LogP contribution in [0.2, 0.25) is 0 Å². The number of nitrogens with one attached hydrogen (secondary N) is 2. The van der Waals surface area contributed by atoms with Crippen LogP contribution in [-0.4, -0.2) is 26.7 Å². The van der Waals surface area contributed by atoms with Crippen LogP contribution in [0.5, 0.6) is 0 Å². The first-order valence-corrected chi connectivity index (χ1v) is 6.36. The number of anilines is 1. The number of carbonyl (C=O) groups excluding carboxylic acids is 1. The van der Waals surface area contributed by atoms with Gasteiger partial charge in [-0.2, -0.15) is 0 Å². The predicted octanol–water partition coefficient (Wildman–Crippen LogP) is 0.586. The SMILES string of the molecule is O=C(Nc1nnns1)C1Cc2ccccc2CN1. The van der Waals surface area contributed by atoms with E-state index in [0.29, 0.717) is 18.1 Å². The first kappa shape index (κ1) is 11.2. The van der Waals surface area contributed by atoms with Gasteiger partial charge in [-0.25, -0.2) is 0 Å². The van der Waals surface area contributed by atoms with Crippen LogP contribution in [0.15, 0.2) is 24.3 Å². The fraction of sp³-hybridized carbons (Fsp3) is 0.273. The molecule has 0 bridgehead atoms. The smallest absolute Gasteiger partial charge is 0.243 e. The molecule has 7 heteroatoms. The number of nitrogens with zero attached hydrogens (tertiary/aromatic N) is 3. The first-order valence-electron chi connectivity index (χ1n) is 5.59. The van der Waals surface area contributed by atoms with Gasteiger partial charge in [-0.1, -0.05) is 33.9 Å². The standard InChI is InChI=1S/C11H11N5OS/c17-10(13-11-14-15-16-18-11)9-5-7-3-1-2-4-8(7)6-12-9/h1-4,9,12H,5-6H2,(H,13,14,16,17). The largest absolute Gasteiger partial charge is 0.301 e. The maximum atomic E-state index is 12.0. The Bertz CT molecular complexity index is 556. The summed E-state index contributed by atoms with van der Waals surface area (Å²) in [5, 5.41) is 13.5. The molecule has 1 amide bonds. The van der Waals surface area contributed by atoms with Crippen LogP contribution in [0, 0.1) is 0 Å². The molecular formula is C11H11N5OS. The van der Waals surface area contributed by atoms with Crippen LogP contribution in [0.3, 0.4) is 0 Å². The maximum absolute atomic E-state index is 12.0. The Morgan fingerprint density at radius 2 is 2.22 bits per heavy atom. The molecule has 1 aromatic carbocycles. The Morgan fingerprint density at radius 3 is 3.00 bits per heavy atom. The highest BCUT2D eigenvalue weighted by Crippen LogP contribution is 2.17. The normalized spacial score (nSPS) is 18.1. The van der Waals surface area contributed by atoms with Crippen molar-refractivity contribution in [2.75, 3.05) is 5.32 Å². The first-order chi connectivity index (χ1) is 8.83. The molecule has 0 fully saturated rings. The van der Waals surface area contributed by atoms with Gasteiger partial charge >= 0.3 is 0 Å². The molecule has 3 rings (SSSR count). The molecule has 1 aromatic heterocycles. The second kappa shape index (κ2) is 4.79. The Morgan fingerprint density at radius 1 is 1.39 bits per heavy atom. The number of hydrogen-bond acceptors (Lipinski definition) is 6. The second-order valence-electron chi connectivity index (χ2n) is 4.06. The molecular weight excluding hydrogens is 250 g/mol. The Labute approximate surface area is 108 Å². The predicted molar refractivity (Wildman–Crippen MR) is 67.1 cm³/mol. The minimum Gasteiger partial charge on any atom is -0.301 e. The summed E-state index contributed by atoms with van der Waals surface area (Å²) in [6.45, 7) is 0.711. The zero-order chi connectivity index (χ0) is 12.4. The quantitative estimate of drug-likeness (QED) is 0.827. The van der Waals surface area contributed by atoms with E-state index in [1.165, 1.54) is 11.1 Å². The number of amides is 1. The zero-order valence-electron chi connectivity index (χ0n) is 9.46. The number of hydrogen-bond donors (Lipinski definition) is 2. The molecule has 0 spiro atoms. The van der Waals surface area contributed by atoms with Crippen LogP contribution < -0.4 is 10.6 Å². The Balaban J connectivity index is 1.70. The van der Waals surface area contributed by atoms with E-state index in [9.17, 15) is 4.79 Å². The summed E-state index contributed by atoms with van der Waals surface area (Å²) in [5.74, 6) is -0.0944. The summed E-state index contributed by atoms with van der Waals surface area (Å²) in [5.41, 5.74) is 2.46. The van der Waals surface area contributed by atoms with E-state index in [-0.39, 0.29) is 11.9 Å². The number of aromatic nitrogens is 3. The van der Waals surface area contributed by atoms with Crippen LogP contribution in [0.25, 0.3) is 0 Å². The molecule has 92 valence electrons. The lowest BCUT2D eigenvalue weighted by Gasteiger charge is -2.24. The molecule has 0 aliphatic carbocycles. The van der Waals surface area contributed by atoms with Gasteiger partial charge in [-0.3, -0.25) is 10.1 Å². The van der Waals surface area contributed by atoms with Crippen LogP contribution in [-0.2, 0) is 17.8 Å². The summed E-state index contributed by atoms with van der Waals surface area (Å²) in [6, 6.07) is 7.90. The van der Waals surface area contributed by atoms with E-state index in [1.807, 2.05) is 12.1 Å². The monoisotopic (exact) mass is 261 g/mol. The lowest BCUT2D eigenvalue weighted by Crippen LogP contribution is -2.44. The molecule has 0 saturated heterocycles.